The van der Waals surface area contributed by atoms with E-state index in [0.29, 0.717) is 16.7 Å². The lowest BCUT2D eigenvalue weighted by Crippen LogP contribution is -2.23. The van der Waals surface area contributed by atoms with E-state index in [1.807, 2.05) is 6.07 Å². The number of rotatable bonds is 5. The number of H-pyrrole nitrogens is 1. The predicted molar refractivity (Wildman–Crippen MR) is 92.0 cm³/mol. The largest absolute Gasteiger partial charge is 0.477 e. The van der Waals surface area contributed by atoms with Crippen molar-refractivity contribution in [1.82, 2.24) is 15.2 Å². The summed E-state index contributed by atoms with van der Waals surface area (Å²) in [7, 11) is 0. The Bertz CT molecular complexity index is 729. The van der Waals surface area contributed by atoms with Crippen molar-refractivity contribution in [2.45, 2.75) is 37.8 Å². The number of aryl methyl sites for hydroxylation is 1. The third kappa shape index (κ3) is 4.19. The molecule has 24 heavy (non-hydrogen) atoms. The molecule has 1 fully saturated rings. The molecular weight excluding hydrogens is 328 g/mol. The minimum atomic E-state index is -1.03. The minimum Gasteiger partial charge on any atom is -0.477 e. The van der Waals surface area contributed by atoms with Crippen LogP contribution in [0.1, 0.15) is 37.3 Å². The van der Waals surface area contributed by atoms with Crippen LogP contribution in [0.2, 0.25) is 0 Å². The molecule has 7 nitrogen and oxygen atoms in total. The van der Waals surface area contributed by atoms with E-state index < -0.39 is 5.97 Å². The molecule has 0 radical (unpaired) electrons. The van der Waals surface area contributed by atoms with Gasteiger partial charge in [-0.1, -0.05) is 12.8 Å². The van der Waals surface area contributed by atoms with Crippen molar-refractivity contribution in [2.75, 3.05) is 18.0 Å². The van der Waals surface area contributed by atoms with Gasteiger partial charge in [-0.25, -0.2) is 9.78 Å². The number of thioether (sulfide) groups is 1. The Morgan fingerprint density at radius 1 is 1.33 bits per heavy atom. The van der Waals surface area contributed by atoms with Crippen LogP contribution >= 0.6 is 11.8 Å². The summed E-state index contributed by atoms with van der Waals surface area (Å²) in [5, 5.41) is 16.4. The first kappa shape index (κ1) is 16.6. The van der Waals surface area contributed by atoms with Gasteiger partial charge in [-0.2, -0.15) is 0 Å². The lowest BCUT2D eigenvalue weighted by atomic mass is 10.2. The summed E-state index contributed by atoms with van der Waals surface area (Å²) in [6.45, 7) is 3.72. The van der Waals surface area contributed by atoms with E-state index in [2.05, 4.69) is 20.1 Å². The fraction of sp³-hybridized carbons (Fsp3) is 0.438. The second kappa shape index (κ2) is 7.57. The number of nitrogens with one attached hydrogen (secondary N) is 1. The van der Waals surface area contributed by atoms with Crippen molar-refractivity contribution < 1.29 is 14.3 Å². The summed E-state index contributed by atoms with van der Waals surface area (Å²) in [6, 6.07) is 3.70. The van der Waals surface area contributed by atoms with Crippen molar-refractivity contribution in [1.29, 1.82) is 0 Å². The molecule has 1 saturated heterocycles. The second-order valence-electron chi connectivity index (χ2n) is 5.70. The first-order chi connectivity index (χ1) is 11.6. The van der Waals surface area contributed by atoms with Gasteiger partial charge in [0.2, 0.25) is 5.16 Å². The van der Waals surface area contributed by atoms with E-state index in [9.17, 15) is 9.90 Å². The van der Waals surface area contributed by atoms with Crippen molar-refractivity contribution in [3.63, 3.8) is 0 Å². The molecule has 0 aromatic carbocycles. The molecule has 0 bridgehead atoms. The summed E-state index contributed by atoms with van der Waals surface area (Å²) in [5.41, 5.74) is 0. The normalized spacial score (nSPS) is 16.2. The molecule has 128 valence electrons. The van der Waals surface area contributed by atoms with Crippen LogP contribution < -0.4 is 4.90 Å². The van der Waals surface area contributed by atoms with Crippen LogP contribution in [0.4, 0.5) is 5.88 Å². The zero-order chi connectivity index (χ0) is 16.9. The summed E-state index contributed by atoms with van der Waals surface area (Å²) in [4.78, 5) is 17.9. The highest BCUT2D eigenvalue weighted by atomic mass is 32.2. The lowest BCUT2D eigenvalue weighted by Gasteiger charge is -2.18. The Balaban J connectivity index is 1.76. The number of furan rings is 1. The van der Waals surface area contributed by atoms with Gasteiger partial charge in [0.05, 0.1) is 0 Å². The standard InChI is InChI=1S/C16H20N4O3S/c1-11-17-16(19-18-11)24-13(15(21)22)10-12-6-7-14(23-12)20-8-4-2-3-5-9-20/h6-7,10H,2-5,8-9H2,1H3,(H,21,22)(H,17,18,19)/b13-10-. The van der Waals surface area contributed by atoms with Crippen LogP contribution in [0.3, 0.4) is 0 Å². The van der Waals surface area contributed by atoms with E-state index in [4.69, 9.17) is 4.42 Å². The summed E-state index contributed by atoms with van der Waals surface area (Å²) >= 11 is 0.995. The van der Waals surface area contributed by atoms with Crippen LogP contribution in [-0.2, 0) is 4.79 Å². The molecule has 0 aliphatic carbocycles. The number of hydrogen-bond acceptors (Lipinski definition) is 6. The average molecular weight is 348 g/mol. The van der Waals surface area contributed by atoms with Crippen LogP contribution in [0.15, 0.2) is 26.6 Å². The Morgan fingerprint density at radius 3 is 2.71 bits per heavy atom. The highest BCUT2D eigenvalue weighted by Crippen LogP contribution is 2.28. The van der Waals surface area contributed by atoms with E-state index in [0.717, 1.165) is 43.6 Å². The fourth-order valence-electron chi connectivity index (χ4n) is 2.61. The maximum atomic E-state index is 11.5. The van der Waals surface area contributed by atoms with Crippen LogP contribution in [0.5, 0.6) is 0 Å². The fourth-order valence-corrected chi connectivity index (χ4v) is 3.34. The molecule has 0 unspecified atom stereocenters. The smallest absolute Gasteiger partial charge is 0.342 e. The Morgan fingerprint density at radius 2 is 2.08 bits per heavy atom. The van der Waals surface area contributed by atoms with E-state index in [1.54, 1.807) is 13.0 Å². The molecule has 2 aromatic heterocycles. The van der Waals surface area contributed by atoms with Gasteiger partial charge in [0.25, 0.3) is 0 Å². The molecule has 0 spiro atoms. The monoisotopic (exact) mass is 348 g/mol. The van der Waals surface area contributed by atoms with Gasteiger partial charge in [0.1, 0.15) is 16.5 Å². The number of aliphatic carboxylic acids is 1. The molecule has 1 aliphatic heterocycles. The molecule has 2 N–H and O–H groups in total. The number of carbonyl (C=O) groups is 1. The quantitative estimate of drug-likeness (QED) is 0.632. The molecule has 8 heteroatoms. The molecule has 3 rings (SSSR count). The molecule has 0 atom stereocenters. The average Bonchev–Trinajstić information content (AvgIpc) is 3.08. The van der Waals surface area contributed by atoms with Gasteiger partial charge in [-0.05, 0) is 37.6 Å². The van der Waals surface area contributed by atoms with Gasteiger partial charge in [0, 0.05) is 25.2 Å². The Kier molecular flexibility index (Phi) is 5.24. The summed E-state index contributed by atoms with van der Waals surface area (Å²) in [6.07, 6.45) is 6.33. The van der Waals surface area contributed by atoms with Crippen LogP contribution in [-0.4, -0.2) is 39.3 Å². The third-order valence-electron chi connectivity index (χ3n) is 3.79. The maximum Gasteiger partial charge on any atom is 0.342 e. The molecule has 0 amide bonds. The number of aromatic amines is 1. The van der Waals surface area contributed by atoms with Crippen molar-refractivity contribution in [3.8, 4) is 0 Å². The lowest BCUT2D eigenvalue weighted by molar-refractivity contribution is -0.131. The number of anilines is 1. The molecular formula is C16H20N4O3S. The number of hydrogen-bond donors (Lipinski definition) is 2. The molecule has 1 aliphatic rings. The van der Waals surface area contributed by atoms with Crippen LogP contribution in [0, 0.1) is 6.92 Å². The summed E-state index contributed by atoms with van der Waals surface area (Å²) < 4.78 is 5.83. The van der Waals surface area contributed by atoms with E-state index in [-0.39, 0.29) is 4.91 Å². The summed E-state index contributed by atoms with van der Waals surface area (Å²) in [5.74, 6) is 0.928. The number of carboxylic acids is 1. The zero-order valence-electron chi connectivity index (χ0n) is 13.5. The van der Waals surface area contributed by atoms with Crippen molar-refractivity contribution in [2.24, 2.45) is 0 Å². The SMILES string of the molecule is Cc1nc(S/C(=C\c2ccc(N3CCCCCC3)o2)C(=O)O)n[nH]1. The molecule has 2 aromatic rings. The van der Waals surface area contributed by atoms with Crippen molar-refractivity contribution >= 4 is 29.7 Å². The maximum absolute atomic E-state index is 11.5. The highest BCUT2D eigenvalue weighted by Gasteiger charge is 2.16. The van der Waals surface area contributed by atoms with Crippen LogP contribution in [0.25, 0.3) is 6.08 Å². The van der Waals surface area contributed by atoms with Gasteiger partial charge in [-0.3, -0.25) is 5.10 Å². The van der Waals surface area contributed by atoms with E-state index in [1.165, 1.54) is 18.9 Å². The zero-order valence-corrected chi connectivity index (χ0v) is 14.3. The topological polar surface area (TPSA) is 95.2 Å². The number of nitrogens with zero attached hydrogens (tertiary/aromatic N) is 3. The Labute approximate surface area is 144 Å². The number of aromatic nitrogens is 3. The molecule has 3 heterocycles. The first-order valence-corrected chi connectivity index (χ1v) is 8.80. The Hall–Kier alpha value is -2.22. The van der Waals surface area contributed by atoms with E-state index >= 15 is 0 Å². The number of carboxylic acid groups (broad SMARTS) is 1. The van der Waals surface area contributed by atoms with Crippen molar-refractivity contribution in [3.05, 3.63) is 28.6 Å². The van der Waals surface area contributed by atoms with Gasteiger partial charge < -0.3 is 14.4 Å². The highest BCUT2D eigenvalue weighted by molar-refractivity contribution is 8.04. The van der Waals surface area contributed by atoms with Gasteiger partial charge >= 0.3 is 5.97 Å². The van der Waals surface area contributed by atoms with Gasteiger partial charge in [-0.15, -0.1) is 5.10 Å². The third-order valence-corrected chi connectivity index (χ3v) is 4.67. The van der Waals surface area contributed by atoms with Gasteiger partial charge in [0.15, 0.2) is 5.88 Å². The minimum absolute atomic E-state index is 0.116. The molecule has 0 saturated carbocycles. The predicted octanol–water partition coefficient (Wildman–Crippen LogP) is 3.30. The first-order valence-electron chi connectivity index (χ1n) is 7.98. The second-order valence-corrected chi connectivity index (χ2v) is 6.71.